The minimum Gasteiger partial charge on any atom is -0.332 e. The van der Waals surface area contributed by atoms with E-state index in [1.54, 1.807) is 0 Å². The molecule has 0 aromatic heterocycles. The predicted molar refractivity (Wildman–Crippen MR) is 93.8 cm³/mol. The van der Waals surface area contributed by atoms with Gasteiger partial charge in [0, 0.05) is 23.1 Å². The number of carbonyl (C=O) groups is 2. The number of benzene rings is 1. The summed E-state index contributed by atoms with van der Waals surface area (Å²) in [6.45, 7) is 1.99. The van der Waals surface area contributed by atoms with E-state index < -0.39 is 0 Å². The van der Waals surface area contributed by atoms with Crippen molar-refractivity contribution in [3.63, 3.8) is 0 Å². The zero-order chi connectivity index (χ0) is 16.2. The molecule has 2 heterocycles. The standard InChI is InChI=1S/C17H23N3O2S/c1-11-6-2-3-7-12(11)18-15(21)9-5-4-8-14-16-13(10-23-14)19-17(22)20-16/h2-3,6-7,13-14,16H,4-5,8-10H2,1H3,(H,18,21)(H2,19,20,22)/t13-,14-,16+/m0/s1. The molecule has 0 spiro atoms. The van der Waals surface area contributed by atoms with Gasteiger partial charge in [0.25, 0.3) is 0 Å². The van der Waals surface area contributed by atoms with Gasteiger partial charge in [-0.05, 0) is 31.4 Å². The molecule has 6 heteroatoms. The van der Waals surface area contributed by atoms with Crippen LogP contribution in [0.25, 0.3) is 0 Å². The topological polar surface area (TPSA) is 70.2 Å². The lowest BCUT2D eigenvalue weighted by molar-refractivity contribution is -0.116. The van der Waals surface area contributed by atoms with Crippen molar-refractivity contribution < 1.29 is 9.59 Å². The molecular weight excluding hydrogens is 310 g/mol. The first-order valence-corrected chi connectivity index (χ1v) is 9.22. The molecule has 0 bridgehead atoms. The zero-order valence-corrected chi connectivity index (χ0v) is 14.1. The fraction of sp³-hybridized carbons (Fsp3) is 0.529. The Hall–Kier alpha value is -1.69. The number of carbonyl (C=O) groups excluding carboxylic acids is 2. The van der Waals surface area contributed by atoms with Crippen LogP contribution >= 0.6 is 11.8 Å². The maximum atomic E-state index is 12.0. The highest BCUT2D eigenvalue weighted by molar-refractivity contribution is 8.00. The van der Waals surface area contributed by atoms with Crippen LogP contribution in [0.4, 0.5) is 10.5 Å². The van der Waals surface area contributed by atoms with Gasteiger partial charge < -0.3 is 16.0 Å². The first-order valence-electron chi connectivity index (χ1n) is 8.17. The molecule has 3 N–H and O–H groups in total. The first kappa shape index (κ1) is 16.2. The van der Waals surface area contributed by atoms with Crippen molar-refractivity contribution in [3.8, 4) is 0 Å². The Morgan fingerprint density at radius 2 is 2.13 bits per heavy atom. The summed E-state index contributed by atoms with van der Waals surface area (Å²) >= 11 is 1.92. The van der Waals surface area contributed by atoms with Crippen LogP contribution in [0.15, 0.2) is 24.3 Å². The third-order valence-electron chi connectivity index (χ3n) is 4.50. The van der Waals surface area contributed by atoms with Crippen LogP contribution in [0.3, 0.4) is 0 Å². The lowest BCUT2D eigenvalue weighted by atomic mass is 10.0. The number of anilines is 1. The van der Waals surface area contributed by atoms with E-state index in [-0.39, 0.29) is 24.0 Å². The predicted octanol–water partition coefficient (Wildman–Crippen LogP) is 2.66. The highest BCUT2D eigenvalue weighted by atomic mass is 32.2. The molecule has 2 aliphatic rings. The molecule has 2 saturated heterocycles. The summed E-state index contributed by atoms with van der Waals surface area (Å²) in [4.78, 5) is 23.3. The number of urea groups is 1. The van der Waals surface area contributed by atoms with Crippen LogP contribution < -0.4 is 16.0 Å². The molecule has 23 heavy (non-hydrogen) atoms. The van der Waals surface area contributed by atoms with Crippen LogP contribution in [0.5, 0.6) is 0 Å². The van der Waals surface area contributed by atoms with Gasteiger partial charge in [0.1, 0.15) is 0 Å². The van der Waals surface area contributed by atoms with Crippen LogP contribution in [0.2, 0.25) is 0 Å². The van der Waals surface area contributed by atoms with E-state index in [4.69, 9.17) is 0 Å². The van der Waals surface area contributed by atoms with Gasteiger partial charge in [-0.3, -0.25) is 4.79 Å². The number of rotatable bonds is 6. The Labute approximate surface area is 141 Å². The van der Waals surface area contributed by atoms with Gasteiger partial charge in [-0.15, -0.1) is 0 Å². The van der Waals surface area contributed by atoms with E-state index in [0.717, 1.165) is 36.3 Å². The monoisotopic (exact) mass is 333 g/mol. The Kier molecular flexibility index (Phi) is 5.10. The normalized spacial score (nSPS) is 25.6. The van der Waals surface area contributed by atoms with Crippen molar-refractivity contribution in [2.75, 3.05) is 11.1 Å². The second kappa shape index (κ2) is 7.25. The summed E-state index contributed by atoms with van der Waals surface area (Å²) in [5.41, 5.74) is 1.98. The van der Waals surface area contributed by atoms with Crippen molar-refractivity contribution in [3.05, 3.63) is 29.8 Å². The van der Waals surface area contributed by atoms with E-state index in [2.05, 4.69) is 16.0 Å². The zero-order valence-electron chi connectivity index (χ0n) is 13.3. The van der Waals surface area contributed by atoms with E-state index in [0.29, 0.717) is 11.7 Å². The Balaban J connectivity index is 1.36. The molecular formula is C17H23N3O2S. The van der Waals surface area contributed by atoms with Gasteiger partial charge in [-0.25, -0.2) is 4.79 Å². The average molecular weight is 333 g/mol. The van der Waals surface area contributed by atoms with E-state index in [1.807, 2.05) is 43.0 Å². The SMILES string of the molecule is Cc1ccccc1NC(=O)CCCC[C@@H]1SC[C@@H]2NC(=O)N[C@H]21. The van der Waals surface area contributed by atoms with Crippen molar-refractivity contribution in [2.45, 2.75) is 49.9 Å². The fourth-order valence-electron chi connectivity index (χ4n) is 3.20. The van der Waals surface area contributed by atoms with Crippen molar-refractivity contribution in [1.29, 1.82) is 0 Å². The number of aryl methyl sites for hydroxylation is 1. The summed E-state index contributed by atoms with van der Waals surface area (Å²) < 4.78 is 0. The van der Waals surface area contributed by atoms with E-state index >= 15 is 0 Å². The van der Waals surface area contributed by atoms with Crippen molar-refractivity contribution in [1.82, 2.24) is 10.6 Å². The summed E-state index contributed by atoms with van der Waals surface area (Å²) in [7, 11) is 0. The molecule has 5 nitrogen and oxygen atoms in total. The second-order valence-electron chi connectivity index (χ2n) is 6.23. The van der Waals surface area contributed by atoms with Crippen molar-refractivity contribution in [2.24, 2.45) is 0 Å². The van der Waals surface area contributed by atoms with Crippen LogP contribution in [-0.4, -0.2) is 35.0 Å². The molecule has 0 unspecified atom stereocenters. The smallest absolute Gasteiger partial charge is 0.315 e. The largest absolute Gasteiger partial charge is 0.332 e. The lowest BCUT2D eigenvalue weighted by Crippen LogP contribution is -2.36. The summed E-state index contributed by atoms with van der Waals surface area (Å²) in [6.07, 6.45) is 3.49. The molecule has 0 aliphatic carbocycles. The molecule has 2 aliphatic heterocycles. The molecule has 1 aromatic carbocycles. The van der Waals surface area contributed by atoms with Crippen LogP contribution in [-0.2, 0) is 4.79 Å². The third-order valence-corrected chi connectivity index (χ3v) is 6.01. The number of hydrogen-bond acceptors (Lipinski definition) is 3. The van der Waals surface area contributed by atoms with Crippen LogP contribution in [0.1, 0.15) is 31.2 Å². The number of hydrogen-bond donors (Lipinski definition) is 3. The lowest BCUT2D eigenvalue weighted by Gasteiger charge is -2.16. The minimum atomic E-state index is -0.0390. The number of amides is 3. The molecule has 0 saturated carbocycles. The molecule has 3 rings (SSSR count). The highest BCUT2D eigenvalue weighted by Crippen LogP contribution is 2.33. The average Bonchev–Trinajstić information content (AvgIpc) is 3.06. The molecule has 3 atom stereocenters. The Morgan fingerprint density at radius 3 is 2.96 bits per heavy atom. The Morgan fingerprint density at radius 1 is 1.30 bits per heavy atom. The second-order valence-corrected chi connectivity index (χ2v) is 7.50. The van der Waals surface area contributed by atoms with Gasteiger partial charge in [0.05, 0.1) is 12.1 Å². The number of thioether (sulfide) groups is 1. The summed E-state index contributed by atoms with van der Waals surface area (Å²) in [6, 6.07) is 8.32. The minimum absolute atomic E-state index is 0.0390. The van der Waals surface area contributed by atoms with Gasteiger partial charge in [-0.1, -0.05) is 24.6 Å². The number of para-hydroxylation sites is 1. The summed E-state index contributed by atoms with van der Waals surface area (Å²) in [5.74, 6) is 1.06. The van der Waals surface area contributed by atoms with Crippen LogP contribution in [0, 0.1) is 6.92 Å². The number of nitrogens with one attached hydrogen (secondary N) is 3. The molecule has 0 radical (unpaired) electrons. The third kappa shape index (κ3) is 3.99. The van der Waals surface area contributed by atoms with Gasteiger partial charge in [-0.2, -0.15) is 11.8 Å². The number of fused-ring (bicyclic) bond motifs is 1. The molecule has 124 valence electrons. The summed E-state index contributed by atoms with van der Waals surface area (Å²) in [5, 5.41) is 9.40. The van der Waals surface area contributed by atoms with E-state index in [9.17, 15) is 9.59 Å². The fourth-order valence-corrected chi connectivity index (χ4v) is 4.74. The maximum Gasteiger partial charge on any atom is 0.315 e. The van der Waals surface area contributed by atoms with Gasteiger partial charge >= 0.3 is 6.03 Å². The molecule has 1 aromatic rings. The molecule has 3 amide bonds. The van der Waals surface area contributed by atoms with Gasteiger partial charge in [0.15, 0.2) is 0 Å². The van der Waals surface area contributed by atoms with Gasteiger partial charge in [0.2, 0.25) is 5.91 Å². The Bertz CT molecular complexity index is 593. The molecule has 2 fully saturated rings. The maximum absolute atomic E-state index is 12.0. The van der Waals surface area contributed by atoms with E-state index in [1.165, 1.54) is 0 Å². The highest BCUT2D eigenvalue weighted by Gasteiger charge is 2.42. The first-order chi connectivity index (χ1) is 11.1. The quantitative estimate of drug-likeness (QED) is 0.554. The van der Waals surface area contributed by atoms with Crippen molar-refractivity contribution >= 4 is 29.4 Å². The number of unbranched alkanes of at least 4 members (excludes halogenated alkanes) is 1.